The molecular formula is C21H27Cs2IO7. The second-order valence-corrected chi connectivity index (χ2v) is 8.26. The molecule has 2 rings (SSSR count). The number of hydrogen-bond acceptors (Lipinski definition) is 7. The molecule has 1 N–H and O–H groups in total. The Morgan fingerprint density at radius 3 is 1.45 bits per heavy atom. The van der Waals surface area contributed by atoms with Crippen molar-refractivity contribution in [2.45, 2.75) is 37.7 Å². The number of hydrogen-bond donors (Lipinski definition) is 1. The van der Waals surface area contributed by atoms with Gasteiger partial charge >= 0.3 is 138 Å². The molecule has 2 aromatic carbocycles. The molecule has 0 aliphatic carbocycles. The van der Waals surface area contributed by atoms with Gasteiger partial charge in [-0.15, -0.1) is 0 Å². The number of alkyl halides is 1. The third-order valence-electron chi connectivity index (χ3n) is 2.46. The standard InChI is InChI=1S/C10H12O2.C7H6O2.C3H7I.CH2O3.2Cs.H/c1-8(2)12-10-5-3-9(7-11)4-6-10;8-5-6-1-3-7(9)4-2-6;1-3(2)4;2-1-4-3;;;/h3-8H,1-2H3;1-5,9H;3H,1-2H3;1,3H;;;/q;;;;2*+1;-1/p-1. The number of ether oxygens (including phenoxy) is 1. The van der Waals surface area contributed by atoms with E-state index < -0.39 is 0 Å². The molecule has 0 saturated heterocycles. The third-order valence-corrected chi connectivity index (χ3v) is 2.46. The monoisotopic (exact) mass is 784 g/mol. The number of phenolic OH excluding ortho intramolecular Hbond substituents is 1. The van der Waals surface area contributed by atoms with Crippen molar-refractivity contribution in [3.8, 4) is 11.5 Å². The Bertz CT molecular complexity index is 683. The van der Waals surface area contributed by atoms with Gasteiger partial charge in [-0.1, -0.05) is 36.4 Å². The molecule has 31 heavy (non-hydrogen) atoms. The summed E-state index contributed by atoms with van der Waals surface area (Å²) in [5.74, 6) is 0.983. The van der Waals surface area contributed by atoms with E-state index in [-0.39, 0.29) is 158 Å². The van der Waals surface area contributed by atoms with Crippen molar-refractivity contribution in [1.29, 1.82) is 0 Å². The van der Waals surface area contributed by atoms with E-state index in [0.717, 1.165) is 22.2 Å². The normalized spacial score (nSPS) is 8.26. The summed E-state index contributed by atoms with van der Waals surface area (Å²) in [6, 6.07) is 13.1. The fourth-order valence-corrected chi connectivity index (χ4v) is 1.45. The first-order valence-electron chi connectivity index (χ1n) is 8.52. The predicted octanol–water partition coefficient (Wildman–Crippen LogP) is -2.12. The van der Waals surface area contributed by atoms with Crippen LogP contribution in [0, 0.1) is 0 Å². The van der Waals surface area contributed by atoms with Crippen LogP contribution in [0.15, 0.2) is 48.5 Å². The maximum absolute atomic E-state index is 10.3. The van der Waals surface area contributed by atoms with Crippen LogP contribution < -0.4 is 148 Å². The van der Waals surface area contributed by atoms with Gasteiger partial charge < -0.3 is 21.4 Å². The van der Waals surface area contributed by atoms with Crippen LogP contribution >= 0.6 is 22.6 Å². The van der Waals surface area contributed by atoms with Crippen LogP contribution in [-0.2, 0) is 9.68 Å². The molecule has 0 aliphatic heterocycles. The molecule has 0 spiro atoms. The summed E-state index contributed by atoms with van der Waals surface area (Å²) < 4.78 is 6.20. The molecule has 0 aliphatic rings. The fourth-order valence-electron chi connectivity index (χ4n) is 1.45. The molecule has 2 aromatic rings. The van der Waals surface area contributed by atoms with Gasteiger partial charge in [-0.05, 0) is 62.4 Å². The summed E-state index contributed by atoms with van der Waals surface area (Å²) in [6.07, 6.45) is 1.73. The van der Waals surface area contributed by atoms with Crippen molar-refractivity contribution >= 4 is 41.6 Å². The van der Waals surface area contributed by atoms with Gasteiger partial charge in [0.15, 0.2) is 0 Å². The molecule has 0 bridgehead atoms. The summed E-state index contributed by atoms with van der Waals surface area (Å²) >= 11 is 2.34. The molecule has 162 valence electrons. The second-order valence-electron chi connectivity index (χ2n) is 5.77. The Morgan fingerprint density at radius 1 is 0.871 bits per heavy atom. The van der Waals surface area contributed by atoms with Crippen LogP contribution in [0.2, 0.25) is 0 Å². The number of halogens is 1. The van der Waals surface area contributed by atoms with Crippen molar-refractivity contribution in [2.24, 2.45) is 0 Å². The minimum atomic E-state index is -0.181. The Labute approximate surface area is 316 Å². The van der Waals surface area contributed by atoms with Crippen LogP contribution in [0.25, 0.3) is 0 Å². The first kappa shape index (κ1) is 39.8. The molecule has 0 aromatic heterocycles. The van der Waals surface area contributed by atoms with Crippen molar-refractivity contribution in [3.05, 3.63) is 59.7 Å². The first-order chi connectivity index (χ1) is 13.7. The SMILES string of the molecule is CC(C)I.CC(C)Oc1ccc(C=O)cc1.O=CO[O-].O=Cc1ccc(O)cc1.[Cs+].[Cs+].[H-]. The van der Waals surface area contributed by atoms with E-state index in [0.29, 0.717) is 11.1 Å². The summed E-state index contributed by atoms with van der Waals surface area (Å²) in [5.41, 5.74) is 1.25. The summed E-state index contributed by atoms with van der Waals surface area (Å²) in [6.45, 7) is 8.06. The number of aromatic hydroxyl groups is 1. The van der Waals surface area contributed by atoms with Gasteiger partial charge in [0, 0.05) is 15.1 Å². The molecule has 0 atom stereocenters. The van der Waals surface area contributed by atoms with Crippen LogP contribution in [0.5, 0.6) is 11.5 Å². The maximum Gasteiger partial charge on any atom is 1.00 e. The minimum absolute atomic E-state index is 0. The third kappa shape index (κ3) is 29.6. The van der Waals surface area contributed by atoms with Crippen molar-refractivity contribution < 1.29 is 174 Å². The van der Waals surface area contributed by atoms with Crippen LogP contribution in [0.1, 0.15) is 49.8 Å². The quantitative estimate of drug-likeness (QED) is 0.122. The van der Waals surface area contributed by atoms with Gasteiger partial charge in [0.1, 0.15) is 24.1 Å². The largest absolute Gasteiger partial charge is 1.00 e. The number of phenols is 1. The zero-order chi connectivity index (χ0) is 22.7. The van der Waals surface area contributed by atoms with Gasteiger partial charge in [-0.2, -0.15) is 0 Å². The van der Waals surface area contributed by atoms with Crippen molar-refractivity contribution in [2.75, 3.05) is 0 Å². The van der Waals surface area contributed by atoms with Crippen molar-refractivity contribution in [3.63, 3.8) is 0 Å². The van der Waals surface area contributed by atoms with Crippen LogP contribution in [0.4, 0.5) is 0 Å². The Kier molecular flexibility index (Phi) is 35.8. The van der Waals surface area contributed by atoms with Crippen LogP contribution in [-0.4, -0.2) is 34.2 Å². The molecular weight excluding hydrogens is 757 g/mol. The maximum atomic E-state index is 10.3. The Hall–Kier alpha value is 1.64. The Morgan fingerprint density at radius 2 is 1.19 bits per heavy atom. The molecule has 0 fully saturated rings. The molecule has 10 heteroatoms. The van der Waals surface area contributed by atoms with E-state index in [1.165, 1.54) is 12.1 Å². The van der Waals surface area contributed by atoms with Gasteiger partial charge in [0.05, 0.1) is 6.10 Å². The van der Waals surface area contributed by atoms with E-state index in [9.17, 15) is 9.59 Å². The number of aldehydes is 2. The second kappa shape index (κ2) is 27.9. The van der Waals surface area contributed by atoms with E-state index in [2.05, 4.69) is 41.3 Å². The Balaban J connectivity index is -0.000000109. The molecule has 0 saturated carbocycles. The minimum Gasteiger partial charge on any atom is -1.00 e. The first-order valence-corrected chi connectivity index (χ1v) is 9.77. The van der Waals surface area contributed by atoms with E-state index in [4.69, 9.17) is 19.9 Å². The van der Waals surface area contributed by atoms with Crippen LogP contribution in [0.3, 0.4) is 0 Å². The zero-order valence-electron chi connectivity index (χ0n) is 19.8. The van der Waals surface area contributed by atoms with Gasteiger partial charge in [-0.25, -0.2) is 0 Å². The summed E-state index contributed by atoms with van der Waals surface area (Å²) in [5, 5.41) is 17.2. The average Bonchev–Trinajstić information content (AvgIpc) is 2.69. The number of rotatable bonds is 5. The number of benzene rings is 2. The van der Waals surface area contributed by atoms with E-state index in [1.54, 1.807) is 36.4 Å². The van der Waals surface area contributed by atoms with E-state index >= 15 is 0 Å². The zero-order valence-corrected chi connectivity index (χ0v) is 33.5. The molecule has 0 unspecified atom stereocenters. The van der Waals surface area contributed by atoms with E-state index in [1.807, 2.05) is 13.8 Å². The number of carbonyl (C=O) groups excluding carboxylic acids is 3. The predicted molar refractivity (Wildman–Crippen MR) is 119 cm³/mol. The smallest absolute Gasteiger partial charge is 1.00 e. The summed E-state index contributed by atoms with van der Waals surface area (Å²) in [7, 11) is 0. The van der Waals surface area contributed by atoms with Gasteiger partial charge in [-0.3, -0.25) is 14.4 Å². The van der Waals surface area contributed by atoms with Gasteiger partial charge in [0.2, 0.25) is 0 Å². The molecule has 0 amide bonds. The molecule has 0 radical (unpaired) electrons. The topological polar surface area (TPSA) is 113 Å². The fraction of sp³-hybridized carbons (Fsp3) is 0.286. The molecule has 7 nitrogen and oxygen atoms in total. The van der Waals surface area contributed by atoms with Gasteiger partial charge in [0.25, 0.3) is 6.47 Å². The number of carbonyl (C=O) groups is 3. The summed E-state index contributed by atoms with van der Waals surface area (Å²) in [4.78, 5) is 31.6. The average molecular weight is 784 g/mol. The van der Waals surface area contributed by atoms with Crippen molar-refractivity contribution in [1.82, 2.24) is 0 Å². The molecule has 0 heterocycles.